The molecule has 2 saturated carbocycles. The van der Waals surface area contributed by atoms with E-state index in [9.17, 15) is 43.2 Å². The summed E-state index contributed by atoms with van der Waals surface area (Å²) in [5, 5.41) is 83.2. The predicted molar refractivity (Wildman–Crippen MR) is 473 cm³/mol. The first-order valence-electron chi connectivity index (χ1n) is 38.2. The molecule has 4 amide bonds. The number of ketones is 1. The Labute approximate surface area is 742 Å². The van der Waals surface area contributed by atoms with Gasteiger partial charge in [0.25, 0.3) is 0 Å². The van der Waals surface area contributed by atoms with Crippen LogP contribution in [0.3, 0.4) is 0 Å². The summed E-state index contributed by atoms with van der Waals surface area (Å²) >= 11 is 21.7. The number of Topliss-reactive ketones (excluding diaryl/α,β-unsaturated/α-hetero) is 1. The third-order valence-electron chi connectivity index (χ3n) is 17.2. The maximum atomic E-state index is 12.4. The van der Waals surface area contributed by atoms with Gasteiger partial charge in [0.05, 0.1) is 142 Å². The van der Waals surface area contributed by atoms with Crippen LogP contribution < -0.4 is 26.6 Å². The lowest BCUT2D eigenvalue weighted by Crippen LogP contribution is -2.14. The van der Waals surface area contributed by atoms with E-state index < -0.39 is 11.9 Å². The molecule has 6 N–H and O–H groups in total. The first kappa shape index (κ1) is 96.6. The predicted octanol–water partition coefficient (Wildman–Crippen LogP) is 14.5. The number of carbonyl (C=O) groups is 9. The number of aromatic nitrogens is 15. The van der Waals surface area contributed by atoms with Crippen LogP contribution in [0.1, 0.15) is 213 Å². The minimum atomic E-state index is -0.821. The van der Waals surface area contributed by atoms with Gasteiger partial charge in [-0.2, -0.15) is 0 Å². The second-order valence-electron chi connectivity index (χ2n) is 26.2. The molecule has 0 unspecified atom stereocenters. The van der Waals surface area contributed by atoms with Crippen molar-refractivity contribution in [2.24, 2.45) is 0 Å². The molecule has 11 aromatic rings. The standard InChI is InChI=1S/2C24H28N8O2S4.C8H11NO2S.C7H10N2O2S.C7H9NO2S.C5H7ClO3/c2*1-3-19-25-15(11-35-19)9-17(33)27-23-31-29-21(37-23)13-6-5-7-14(8-13)22-30-32-24(38-22)28-18(34)10-16-12-36-20(4-2)26-16;1-3-7-9-6(5-12-7)4-8(10)11-2;1-8-7-9-5(4-12-7)3-6(10)11-2;1-2-6-8-5(4-11-6)3-7(9)10;1-9-5(8)2-4(7)3-6/h2*11-14H,3-10H2,1-2H3,(H,27,31,33)(H,28,32,34);5H,3-4H2,1-2H3;4H,3H2,1-2H3,(H,8,9);4H,2-3H2,1H3,(H,9,10);2-3H2,1H3/t2*13-,14-;;;;/m00..../s1. The van der Waals surface area contributed by atoms with Gasteiger partial charge in [0.15, 0.2) is 10.9 Å². The van der Waals surface area contributed by atoms with Crippen LogP contribution in [0.25, 0.3) is 0 Å². The Balaban J connectivity index is 0.000000200. The van der Waals surface area contributed by atoms with Gasteiger partial charge in [-0.25, -0.2) is 34.9 Å². The summed E-state index contributed by atoms with van der Waals surface area (Å²) in [5.74, 6) is -1.83. The smallest absolute Gasteiger partial charge is 0.313 e. The van der Waals surface area contributed by atoms with Crippen LogP contribution in [-0.4, -0.2) is 168 Å². The number of carboxylic acid groups (broad SMARTS) is 1. The maximum Gasteiger partial charge on any atom is 0.313 e. The van der Waals surface area contributed by atoms with Gasteiger partial charge in [0.2, 0.25) is 44.2 Å². The number of nitrogens with one attached hydrogen (secondary N) is 5. The lowest BCUT2D eigenvalue weighted by Gasteiger charge is -2.25. The SMILES string of the molecule is CCc1nc(CC(=O)Nc2nnc([C@H]3CCC[C@H](c4nnc(NC(=O)Cc5csc(CC)n5)s4)C3)s2)cs1.CCc1nc(CC(=O)Nc2nnc([C@H]3CCC[C@H](c4nnc(NC(=O)Cc5csc(CC)n5)s4)C3)s2)cs1.CCc1nc(CC(=O)O)cs1.CCc1nc(CC(=O)OC)cs1.CNc1nc(CC(=O)OC)cs1.COC(=O)CC(=O)CCl. The Morgan fingerprint density at radius 3 is 0.858 bits per heavy atom. The number of rotatable bonds is 32. The first-order chi connectivity index (χ1) is 57.9. The van der Waals surface area contributed by atoms with Crippen LogP contribution in [0.4, 0.5) is 25.7 Å². The molecule has 0 aliphatic heterocycles. The topological polar surface area (TPSA) is 455 Å². The van der Waals surface area contributed by atoms with Crippen molar-refractivity contribution < 1.29 is 62.5 Å². The monoisotopic (exact) mass is 1870 g/mol. The Morgan fingerprint density at radius 1 is 0.367 bits per heavy atom. The summed E-state index contributed by atoms with van der Waals surface area (Å²) in [6.07, 6.45) is 14.5. The molecular formula is C75H93ClN20O13S11. The number of thiazole rings is 7. The van der Waals surface area contributed by atoms with Crippen molar-refractivity contribution in [1.29, 1.82) is 0 Å². The Bertz CT molecular complexity index is 4590. The number of esters is 3. The number of carbonyl (C=O) groups excluding carboxylic acids is 8. The zero-order chi connectivity index (χ0) is 86.5. The fraction of sp³-hybridized carbons (Fsp3) is 0.493. The molecule has 45 heteroatoms. The molecule has 0 aromatic carbocycles. The van der Waals surface area contributed by atoms with Crippen molar-refractivity contribution in [2.45, 2.75) is 206 Å². The number of nitrogens with zero attached hydrogens (tertiary/aromatic N) is 15. The number of hydrogen-bond donors (Lipinski definition) is 6. The molecule has 0 saturated heterocycles. The van der Waals surface area contributed by atoms with Crippen molar-refractivity contribution >= 4 is 215 Å². The second kappa shape index (κ2) is 51.2. The van der Waals surface area contributed by atoms with E-state index in [1.165, 1.54) is 89.4 Å². The zero-order valence-electron chi connectivity index (χ0n) is 67.5. The van der Waals surface area contributed by atoms with Crippen molar-refractivity contribution in [3.8, 4) is 0 Å². The van der Waals surface area contributed by atoms with Gasteiger partial charge in [0.1, 0.15) is 26.5 Å². The van der Waals surface area contributed by atoms with Crippen molar-refractivity contribution in [1.82, 2.24) is 75.7 Å². The van der Waals surface area contributed by atoms with E-state index >= 15 is 0 Å². The number of carboxylic acids is 1. The lowest BCUT2D eigenvalue weighted by atomic mass is 9.82. The minimum absolute atomic E-state index is 0.0382. The molecule has 0 bridgehead atoms. The molecule has 4 atom stereocenters. The number of hydrogen-bond acceptors (Lipinski definition) is 39. The highest BCUT2D eigenvalue weighted by atomic mass is 35.5. The summed E-state index contributed by atoms with van der Waals surface area (Å²) in [5.41, 5.74) is 5.35. The van der Waals surface area contributed by atoms with Gasteiger partial charge in [-0.05, 0) is 77.0 Å². The number of halogens is 1. The highest BCUT2D eigenvalue weighted by molar-refractivity contribution is 7.17. The van der Waals surface area contributed by atoms with E-state index in [0.717, 1.165) is 179 Å². The van der Waals surface area contributed by atoms with Crippen LogP contribution >= 0.6 is 136 Å². The Morgan fingerprint density at radius 2 is 0.625 bits per heavy atom. The van der Waals surface area contributed by atoms with Crippen LogP contribution in [0, 0.1) is 0 Å². The van der Waals surface area contributed by atoms with Crippen molar-refractivity contribution in [2.75, 3.05) is 60.8 Å². The number of aliphatic carboxylic acids is 1. The van der Waals surface area contributed by atoms with Gasteiger partial charge in [0, 0.05) is 68.4 Å². The highest BCUT2D eigenvalue weighted by Crippen LogP contribution is 2.45. The Hall–Kier alpha value is -8.83. The van der Waals surface area contributed by atoms with Gasteiger partial charge in [-0.1, -0.05) is 99.7 Å². The van der Waals surface area contributed by atoms with Crippen molar-refractivity contribution in [3.05, 3.63) is 128 Å². The summed E-state index contributed by atoms with van der Waals surface area (Å²) in [4.78, 5) is 133. The van der Waals surface area contributed by atoms with E-state index in [-0.39, 0.29) is 122 Å². The van der Waals surface area contributed by atoms with Crippen LogP contribution in [-0.2, 0) is 141 Å². The normalized spacial score (nSPS) is 14.5. The zero-order valence-corrected chi connectivity index (χ0v) is 77.3. The molecule has 2 fully saturated rings. The quantitative estimate of drug-likeness (QED) is 0.00987. The molecule has 0 spiro atoms. The average Bonchev–Trinajstić information content (AvgIpc) is 1.64. The fourth-order valence-electron chi connectivity index (χ4n) is 11.3. The first-order valence-corrected chi connectivity index (χ1v) is 48.1. The van der Waals surface area contributed by atoms with Crippen LogP contribution in [0.15, 0.2) is 37.7 Å². The molecule has 120 heavy (non-hydrogen) atoms. The summed E-state index contributed by atoms with van der Waals surface area (Å²) in [6.45, 7) is 12.3. The van der Waals surface area contributed by atoms with E-state index in [0.29, 0.717) is 26.2 Å². The largest absolute Gasteiger partial charge is 0.481 e. The molecule has 33 nitrogen and oxygen atoms in total. The highest BCUT2D eigenvalue weighted by Gasteiger charge is 2.32. The third kappa shape index (κ3) is 33.2. The van der Waals surface area contributed by atoms with Gasteiger partial charge in [-0.3, -0.25) is 43.2 Å². The van der Waals surface area contributed by atoms with Crippen LogP contribution in [0.5, 0.6) is 0 Å². The van der Waals surface area contributed by atoms with E-state index in [1.807, 2.05) is 46.1 Å². The summed E-state index contributed by atoms with van der Waals surface area (Å²) in [6, 6.07) is 0. The summed E-state index contributed by atoms with van der Waals surface area (Å²) < 4.78 is 13.2. The number of ether oxygens (including phenoxy) is 3. The van der Waals surface area contributed by atoms with Crippen LogP contribution in [0.2, 0.25) is 0 Å². The fourth-order valence-corrected chi connectivity index (χ4v) is 20.2. The number of aryl methyl sites for hydroxylation is 6. The van der Waals surface area contributed by atoms with Gasteiger partial charge >= 0.3 is 23.9 Å². The molecule has 2 aliphatic carbocycles. The van der Waals surface area contributed by atoms with E-state index in [4.69, 9.17) is 16.7 Å². The summed E-state index contributed by atoms with van der Waals surface area (Å²) in [7, 11) is 5.77. The molecule has 0 radical (unpaired) electrons. The number of amides is 4. The average molecular weight is 1870 g/mol. The van der Waals surface area contributed by atoms with Gasteiger partial charge < -0.3 is 45.9 Å². The maximum absolute atomic E-state index is 12.4. The third-order valence-corrected chi connectivity index (χ3v) is 28.7. The minimum Gasteiger partial charge on any atom is -0.481 e. The number of anilines is 5. The second-order valence-corrected chi connectivity index (χ2v) is 37.0. The van der Waals surface area contributed by atoms with E-state index in [1.54, 1.807) is 69.1 Å². The molecular weight excluding hydrogens is 1780 g/mol. The van der Waals surface area contributed by atoms with Crippen molar-refractivity contribution in [3.63, 3.8) is 0 Å². The molecule has 2 aliphatic rings. The van der Waals surface area contributed by atoms with Gasteiger partial charge in [-0.15, -0.1) is 132 Å². The van der Waals surface area contributed by atoms with E-state index in [2.05, 4.69) is 144 Å². The number of alkyl halides is 1. The molecule has 11 heterocycles. The Kier molecular flexibility index (Phi) is 41.2. The molecule has 644 valence electrons. The molecule has 13 rings (SSSR count). The molecule has 11 aromatic heterocycles. The lowest BCUT2D eigenvalue weighted by molar-refractivity contribution is -0.143. The number of methoxy groups -OCH3 is 3.